The third kappa shape index (κ3) is 4.34. The number of rotatable bonds is 7. The number of ether oxygens (including phenoxy) is 1. The van der Waals surface area contributed by atoms with Gasteiger partial charge in [0.1, 0.15) is 10.8 Å². The second kappa shape index (κ2) is 8.88. The van der Waals surface area contributed by atoms with Crippen LogP contribution in [0.3, 0.4) is 0 Å². The number of anilines is 1. The lowest BCUT2D eigenvalue weighted by Crippen LogP contribution is -2.19. The van der Waals surface area contributed by atoms with Gasteiger partial charge in [-0.3, -0.25) is 9.59 Å². The summed E-state index contributed by atoms with van der Waals surface area (Å²) in [5.41, 5.74) is 7.77. The Hall–Kier alpha value is -2.85. The molecule has 0 unspecified atom stereocenters. The van der Waals surface area contributed by atoms with Gasteiger partial charge in [0, 0.05) is 10.4 Å². The van der Waals surface area contributed by atoms with Crippen LogP contribution < -0.4 is 15.8 Å². The molecule has 8 nitrogen and oxygen atoms in total. The third-order valence-corrected chi connectivity index (χ3v) is 6.77. The van der Waals surface area contributed by atoms with E-state index in [0.717, 1.165) is 59.2 Å². The normalized spacial score (nSPS) is 13.0. The highest BCUT2D eigenvalue weighted by Crippen LogP contribution is 2.38. The van der Waals surface area contributed by atoms with Gasteiger partial charge in [-0.2, -0.15) is 0 Å². The van der Waals surface area contributed by atoms with Gasteiger partial charge in [0.05, 0.1) is 18.4 Å². The van der Waals surface area contributed by atoms with E-state index in [4.69, 9.17) is 14.9 Å². The first kappa shape index (κ1) is 20.4. The minimum atomic E-state index is -0.501. The molecule has 0 atom stereocenters. The van der Waals surface area contributed by atoms with E-state index in [1.165, 1.54) is 11.3 Å². The number of nitrogens with one attached hydrogen (secondary N) is 1. The Morgan fingerprint density at radius 3 is 2.73 bits per heavy atom. The van der Waals surface area contributed by atoms with Gasteiger partial charge in [-0.25, -0.2) is 0 Å². The summed E-state index contributed by atoms with van der Waals surface area (Å²) in [5, 5.41) is 11.6. The number of thiophene rings is 1. The Labute approximate surface area is 181 Å². The average molecular weight is 445 g/mol. The lowest BCUT2D eigenvalue weighted by molar-refractivity contribution is -0.113. The molecule has 2 heterocycles. The Kier molecular flexibility index (Phi) is 6.05. The highest BCUT2D eigenvalue weighted by Gasteiger charge is 2.25. The van der Waals surface area contributed by atoms with Crippen LogP contribution in [0.5, 0.6) is 5.75 Å². The molecular formula is C20H20N4O4S2. The third-order valence-electron chi connectivity index (χ3n) is 4.74. The van der Waals surface area contributed by atoms with Gasteiger partial charge >= 0.3 is 0 Å². The predicted molar refractivity (Wildman–Crippen MR) is 115 cm³/mol. The number of nitrogens with two attached hydrogens (primary N) is 1. The zero-order valence-corrected chi connectivity index (χ0v) is 17.9. The molecule has 1 aliphatic carbocycles. The maximum atomic E-state index is 12.4. The summed E-state index contributed by atoms with van der Waals surface area (Å²) in [6.45, 7) is 0. The van der Waals surface area contributed by atoms with E-state index in [9.17, 15) is 9.59 Å². The highest BCUT2D eigenvalue weighted by atomic mass is 32.2. The van der Waals surface area contributed by atoms with Crippen molar-refractivity contribution in [2.45, 2.75) is 30.9 Å². The summed E-state index contributed by atoms with van der Waals surface area (Å²) in [5.74, 6) is 0.409. The fraction of sp³-hybridized carbons (Fsp3) is 0.300. The number of nitrogens with zero attached hydrogens (tertiary/aromatic N) is 2. The fourth-order valence-corrected chi connectivity index (χ4v) is 5.20. The van der Waals surface area contributed by atoms with E-state index in [-0.39, 0.29) is 16.9 Å². The quantitative estimate of drug-likeness (QED) is 0.535. The number of primary amides is 1. The summed E-state index contributed by atoms with van der Waals surface area (Å²) in [6.07, 6.45) is 3.86. The second-order valence-electron chi connectivity index (χ2n) is 6.72. The van der Waals surface area contributed by atoms with Crippen LogP contribution in [0.1, 0.15) is 33.6 Å². The zero-order chi connectivity index (χ0) is 21.1. The molecule has 2 amide bonds. The topological polar surface area (TPSA) is 120 Å². The van der Waals surface area contributed by atoms with Gasteiger partial charge < -0.3 is 20.2 Å². The van der Waals surface area contributed by atoms with Crippen LogP contribution in [0.4, 0.5) is 5.00 Å². The van der Waals surface area contributed by atoms with E-state index in [1.54, 1.807) is 19.2 Å². The number of thioether (sulfide) groups is 1. The first-order valence-electron chi connectivity index (χ1n) is 9.40. The minimum Gasteiger partial charge on any atom is -0.497 e. The number of hydrogen-bond acceptors (Lipinski definition) is 8. The average Bonchev–Trinajstić information content (AvgIpc) is 3.36. The molecule has 1 aliphatic rings. The first-order chi connectivity index (χ1) is 14.5. The minimum absolute atomic E-state index is 0.0744. The van der Waals surface area contributed by atoms with Crippen molar-refractivity contribution in [3.8, 4) is 17.2 Å². The number of carbonyl (C=O) groups excluding carboxylic acids is 2. The molecule has 0 aliphatic heterocycles. The molecule has 4 rings (SSSR count). The van der Waals surface area contributed by atoms with Crippen molar-refractivity contribution in [3.05, 3.63) is 40.3 Å². The van der Waals surface area contributed by atoms with Crippen molar-refractivity contribution in [2.24, 2.45) is 5.73 Å². The first-order valence-corrected chi connectivity index (χ1v) is 11.2. The molecule has 10 heteroatoms. The maximum absolute atomic E-state index is 12.4. The number of fused-ring (bicyclic) bond motifs is 1. The molecule has 3 aromatic rings. The number of carbonyl (C=O) groups is 2. The van der Waals surface area contributed by atoms with Crippen molar-refractivity contribution in [1.82, 2.24) is 10.2 Å². The molecule has 0 radical (unpaired) electrons. The van der Waals surface area contributed by atoms with E-state index < -0.39 is 5.91 Å². The van der Waals surface area contributed by atoms with Crippen LogP contribution in [0.2, 0.25) is 0 Å². The SMILES string of the molecule is COc1ccc(-c2nnc(SCC(=O)Nc3sc4c(c3C(N)=O)CCCC4)o2)cc1. The van der Waals surface area contributed by atoms with Crippen LogP contribution in [0, 0.1) is 0 Å². The Balaban J connectivity index is 1.39. The molecule has 3 N–H and O–H groups in total. The number of benzene rings is 1. The lowest BCUT2D eigenvalue weighted by atomic mass is 9.95. The maximum Gasteiger partial charge on any atom is 0.277 e. The Morgan fingerprint density at radius 1 is 1.23 bits per heavy atom. The number of amides is 2. The van der Waals surface area contributed by atoms with Gasteiger partial charge in [0.2, 0.25) is 11.8 Å². The number of hydrogen-bond donors (Lipinski definition) is 2. The highest BCUT2D eigenvalue weighted by molar-refractivity contribution is 7.99. The monoisotopic (exact) mass is 444 g/mol. The molecule has 0 saturated carbocycles. The van der Waals surface area contributed by atoms with Crippen LogP contribution in [0.15, 0.2) is 33.9 Å². The van der Waals surface area contributed by atoms with Crippen molar-refractivity contribution in [3.63, 3.8) is 0 Å². The standard InChI is InChI=1S/C20H20N4O4S2/c1-27-12-8-6-11(7-9-12)18-23-24-20(28-18)29-10-15(25)22-19-16(17(21)26)13-4-2-3-5-14(13)30-19/h6-9H,2-5,10H2,1H3,(H2,21,26)(H,22,25). The van der Waals surface area contributed by atoms with Gasteiger partial charge in [-0.1, -0.05) is 11.8 Å². The molecule has 0 spiro atoms. The van der Waals surface area contributed by atoms with Crippen molar-refractivity contribution < 1.29 is 18.7 Å². The summed E-state index contributed by atoms with van der Waals surface area (Å²) in [7, 11) is 1.60. The molecule has 30 heavy (non-hydrogen) atoms. The summed E-state index contributed by atoms with van der Waals surface area (Å²) < 4.78 is 10.8. The van der Waals surface area contributed by atoms with Gasteiger partial charge in [0.15, 0.2) is 0 Å². The second-order valence-corrected chi connectivity index (χ2v) is 8.75. The molecule has 2 aromatic heterocycles. The largest absolute Gasteiger partial charge is 0.497 e. The number of aryl methyl sites for hydroxylation is 1. The predicted octanol–water partition coefficient (Wildman–Crippen LogP) is 3.52. The Morgan fingerprint density at radius 2 is 2.00 bits per heavy atom. The van der Waals surface area contributed by atoms with Gasteiger partial charge in [0.25, 0.3) is 11.1 Å². The van der Waals surface area contributed by atoms with E-state index in [1.807, 2.05) is 12.1 Å². The van der Waals surface area contributed by atoms with Crippen molar-refractivity contribution in [2.75, 3.05) is 18.2 Å². The summed E-state index contributed by atoms with van der Waals surface area (Å²) in [6, 6.07) is 7.24. The number of aromatic nitrogens is 2. The fourth-order valence-electron chi connectivity index (χ4n) is 3.32. The van der Waals surface area contributed by atoms with Gasteiger partial charge in [-0.15, -0.1) is 21.5 Å². The molecule has 1 aromatic carbocycles. The molecule has 0 saturated heterocycles. The van der Waals surface area contributed by atoms with E-state index >= 15 is 0 Å². The Bertz CT molecular complexity index is 1080. The molecule has 156 valence electrons. The van der Waals surface area contributed by atoms with Gasteiger partial charge in [-0.05, 0) is 55.5 Å². The van der Waals surface area contributed by atoms with E-state index in [0.29, 0.717) is 16.5 Å². The van der Waals surface area contributed by atoms with Crippen molar-refractivity contribution >= 4 is 39.9 Å². The smallest absolute Gasteiger partial charge is 0.277 e. The van der Waals surface area contributed by atoms with E-state index in [2.05, 4.69) is 15.5 Å². The van der Waals surface area contributed by atoms with Crippen LogP contribution >= 0.6 is 23.1 Å². The summed E-state index contributed by atoms with van der Waals surface area (Å²) >= 11 is 2.57. The van der Waals surface area contributed by atoms with Crippen LogP contribution in [-0.2, 0) is 17.6 Å². The lowest BCUT2D eigenvalue weighted by Gasteiger charge is -2.11. The molecular weight excluding hydrogens is 424 g/mol. The summed E-state index contributed by atoms with van der Waals surface area (Å²) in [4.78, 5) is 25.5. The van der Waals surface area contributed by atoms with Crippen LogP contribution in [-0.4, -0.2) is 34.9 Å². The molecule has 0 fully saturated rings. The van der Waals surface area contributed by atoms with Crippen LogP contribution in [0.25, 0.3) is 11.5 Å². The zero-order valence-electron chi connectivity index (χ0n) is 16.3. The number of methoxy groups -OCH3 is 1. The molecule has 0 bridgehead atoms. The van der Waals surface area contributed by atoms with Crippen molar-refractivity contribution in [1.29, 1.82) is 0 Å².